The Morgan fingerprint density at radius 3 is 2.95 bits per heavy atom. The number of nitrogens with zero attached hydrogens (tertiary/aromatic N) is 2. The molecule has 1 aromatic heterocycles. The Bertz CT molecular complexity index is 597. The van der Waals surface area contributed by atoms with Crippen LogP contribution in [-0.2, 0) is 6.42 Å². The average molecular weight is 325 g/mol. The highest BCUT2D eigenvalue weighted by molar-refractivity contribution is 9.10. The first-order valence-corrected chi connectivity index (χ1v) is 6.48. The molecule has 1 aromatic carbocycles. The van der Waals surface area contributed by atoms with Gasteiger partial charge in [-0.25, -0.2) is 0 Å². The lowest BCUT2D eigenvalue weighted by molar-refractivity contribution is 0.0954. The number of hydrogen-bond acceptors (Lipinski definition) is 5. The molecule has 6 nitrogen and oxygen atoms in total. The number of aromatic nitrogens is 2. The molecule has 0 fully saturated rings. The van der Waals surface area contributed by atoms with Crippen molar-refractivity contribution >= 4 is 27.5 Å². The van der Waals surface area contributed by atoms with Gasteiger partial charge in [-0.05, 0) is 34.1 Å². The largest absolute Gasteiger partial charge is 0.398 e. The smallest absolute Gasteiger partial charge is 0.251 e. The Morgan fingerprint density at radius 2 is 2.32 bits per heavy atom. The number of halogens is 1. The first kappa shape index (κ1) is 13.5. The summed E-state index contributed by atoms with van der Waals surface area (Å²) in [6.07, 6.45) is 0.523. The third kappa shape index (κ3) is 3.54. The maximum atomic E-state index is 11.9. The topological polar surface area (TPSA) is 94.0 Å². The molecule has 0 aliphatic rings. The summed E-state index contributed by atoms with van der Waals surface area (Å²) in [5.41, 5.74) is 6.77. The van der Waals surface area contributed by atoms with Crippen LogP contribution in [0.4, 0.5) is 5.69 Å². The summed E-state index contributed by atoms with van der Waals surface area (Å²) in [5, 5.41) is 6.52. The van der Waals surface area contributed by atoms with Crippen LogP contribution in [0, 0.1) is 6.92 Å². The highest BCUT2D eigenvalue weighted by Gasteiger charge is 2.08. The van der Waals surface area contributed by atoms with E-state index >= 15 is 0 Å². The van der Waals surface area contributed by atoms with Crippen molar-refractivity contribution in [1.29, 1.82) is 0 Å². The number of carbonyl (C=O) groups is 1. The molecule has 0 saturated carbocycles. The molecule has 3 N–H and O–H groups in total. The van der Waals surface area contributed by atoms with E-state index in [4.69, 9.17) is 10.3 Å². The van der Waals surface area contributed by atoms with Gasteiger partial charge >= 0.3 is 0 Å². The van der Waals surface area contributed by atoms with Crippen molar-refractivity contribution in [3.63, 3.8) is 0 Å². The van der Waals surface area contributed by atoms with E-state index in [2.05, 4.69) is 31.4 Å². The van der Waals surface area contributed by atoms with E-state index in [0.717, 1.165) is 4.47 Å². The minimum absolute atomic E-state index is 0.181. The van der Waals surface area contributed by atoms with Crippen molar-refractivity contribution in [2.45, 2.75) is 13.3 Å². The predicted molar refractivity (Wildman–Crippen MR) is 73.6 cm³/mol. The third-order valence-electron chi connectivity index (χ3n) is 2.46. The van der Waals surface area contributed by atoms with Crippen LogP contribution in [-0.4, -0.2) is 22.6 Å². The van der Waals surface area contributed by atoms with E-state index in [1.807, 2.05) is 0 Å². The number of anilines is 1. The van der Waals surface area contributed by atoms with Crippen molar-refractivity contribution < 1.29 is 9.32 Å². The van der Waals surface area contributed by atoms with Crippen molar-refractivity contribution in [3.05, 3.63) is 40.0 Å². The van der Waals surface area contributed by atoms with E-state index < -0.39 is 0 Å². The number of hydrogen-bond donors (Lipinski definition) is 2. The minimum atomic E-state index is -0.181. The van der Waals surface area contributed by atoms with Crippen LogP contribution in [0.5, 0.6) is 0 Å². The van der Waals surface area contributed by atoms with Crippen molar-refractivity contribution in [2.24, 2.45) is 0 Å². The van der Waals surface area contributed by atoms with Gasteiger partial charge in [-0.1, -0.05) is 5.16 Å². The summed E-state index contributed by atoms with van der Waals surface area (Å²) >= 11 is 3.28. The zero-order valence-electron chi connectivity index (χ0n) is 10.3. The van der Waals surface area contributed by atoms with Gasteiger partial charge in [-0.3, -0.25) is 4.79 Å². The molecule has 0 unspecified atom stereocenters. The van der Waals surface area contributed by atoms with E-state index in [-0.39, 0.29) is 5.91 Å². The maximum absolute atomic E-state index is 11.9. The number of benzene rings is 1. The average Bonchev–Trinajstić information content (AvgIpc) is 2.78. The molecule has 19 heavy (non-hydrogen) atoms. The number of rotatable bonds is 4. The first-order valence-electron chi connectivity index (χ1n) is 5.68. The second kappa shape index (κ2) is 5.83. The molecule has 1 amide bonds. The van der Waals surface area contributed by atoms with Gasteiger partial charge in [0.25, 0.3) is 5.91 Å². The fourth-order valence-electron chi connectivity index (χ4n) is 1.52. The summed E-state index contributed by atoms with van der Waals surface area (Å²) in [4.78, 5) is 15.9. The fourth-order valence-corrected chi connectivity index (χ4v) is 1.76. The number of amides is 1. The van der Waals surface area contributed by atoms with Crippen LogP contribution in [0.1, 0.15) is 22.1 Å². The molecule has 0 aliphatic carbocycles. The highest BCUT2D eigenvalue weighted by atomic mass is 79.9. The lowest BCUT2D eigenvalue weighted by Crippen LogP contribution is -2.26. The van der Waals surface area contributed by atoms with Gasteiger partial charge in [0.1, 0.15) is 0 Å². The van der Waals surface area contributed by atoms with Crippen LogP contribution >= 0.6 is 15.9 Å². The predicted octanol–water partition coefficient (Wildman–Crippen LogP) is 1.70. The molecule has 0 spiro atoms. The summed E-state index contributed by atoms with van der Waals surface area (Å²) in [6.45, 7) is 2.16. The molecule has 1 heterocycles. The van der Waals surface area contributed by atoms with Crippen LogP contribution < -0.4 is 11.1 Å². The molecule has 0 aliphatic heterocycles. The summed E-state index contributed by atoms with van der Waals surface area (Å²) in [7, 11) is 0. The highest BCUT2D eigenvalue weighted by Crippen LogP contribution is 2.20. The van der Waals surface area contributed by atoms with Crippen molar-refractivity contribution in [2.75, 3.05) is 12.3 Å². The third-order valence-corrected chi connectivity index (χ3v) is 3.18. The second-order valence-corrected chi connectivity index (χ2v) is 4.83. The molecular weight excluding hydrogens is 312 g/mol. The fraction of sp³-hybridized carbons (Fsp3) is 0.250. The van der Waals surface area contributed by atoms with E-state index in [0.29, 0.717) is 35.9 Å². The molecule has 7 heteroatoms. The molecule has 2 rings (SSSR count). The van der Waals surface area contributed by atoms with Gasteiger partial charge in [-0.15, -0.1) is 0 Å². The van der Waals surface area contributed by atoms with Gasteiger partial charge in [0.05, 0.1) is 0 Å². The number of nitrogens with two attached hydrogens (primary N) is 1. The second-order valence-electron chi connectivity index (χ2n) is 3.97. The zero-order chi connectivity index (χ0) is 13.8. The number of nitrogens with one attached hydrogen (secondary N) is 1. The monoisotopic (exact) mass is 324 g/mol. The van der Waals surface area contributed by atoms with Crippen LogP contribution in [0.3, 0.4) is 0 Å². The molecule has 0 radical (unpaired) electrons. The van der Waals surface area contributed by atoms with Crippen LogP contribution in [0.15, 0.2) is 27.2 Å². The number of nitrogen functional groups attached to an aromatic ring is 1. The molecule has 0 atom stereocenters. The molecule has 100 valence electrons. The van der Waals surface area contributed by atoms with Gasteiger partial charge < -0.3 is 15.6 Å². The lowest BCUT2D eigenvalue weighted by atomic mass is 10.2. The molecular formula is C12H13BrN4O2. The van der Waals surface area contributed by atoms with Gasteiger partial charge in [-0.2, -0.15) is 4.98 Å². The quantitative estimate of drug-likeness (QED) is 0.835. The van der Waals surface area contributed by atoms with Crippen LogP contribution in [0.25, 0.3) is 0 Å². The Balaban J connectivity index is 1.89. The SMILES string of the molecule is Cc1nc(CCNC(=O)c2ccc(Br)c(N)c2)no1. The van der Waals surface area contributed by atoms with E-state index in [1.165, 1.54) is 0 Å². The lowest BCUT2D eigenvalue weighted by Gasteiger charge is -2.05. The Hall–Kier alpha value is -1.89. The standard InChI is InChI=1S/C12H13BrN4O2/c1-7-16-11(17-19-7)4-5-15-12(18)8-2-3-9(13)10(14)6-8/h2-3,6H,4-5,14H2,1H3,(H,15,18). The Morgan fingerprint density at radius 1 is 1.53 bits per heavy atom. The van der Waals surface area contributed by atoms with Gasteiger partial charge in [0, 0.05) is 35.6 Å². The van der Waals surface area contributed by atoms with E-state index in [9.17, 15) is 4.79 Å². The minimum Gasteiger partial charge on any atom is -0.398 e. The van der Waals surface area contributed by atoms with E-state index in [1.54, 1.807) is 25.1 Å². The Labute approximate surface area is 118 Å². The summed E-state index contributed by atoms with van der Waals surface area (Å²) in [6, 6.07) is 5.07. The molecule has 0 saturated heterocycles. The van der Waals surface area contributed by atoms with Crippen molar-refractivity contribution in [1.82, 2.24) is 15.5 Å². The number of carbonyl (C=O) groups excluding carboxylic acids is 1. The summed E-state index contributed by atoms with van der Waals surface area (Å²) < 4.78 is 5.61. The first-order chi connectivity index (χ1) is 9.06. The normalized spacial score (nSPS) is 10.4. The number of aryl methyl sites for hydroxylation is 1. The van der Waals surface area contributed by atoms with Gasteiger partial charge in [0.2, 0.25) is 5.89 Å². The van der Waals surface area contributed by atoms with Gasteiger partial charge in [0.15, 0.2) is 5.82 Å². The zero-order valence-corrected chi connectivity index (χ0v) is 11.9. The Kier molecular flexibility index (Phi) is 4.16. The summed E-state index contributed by atoms with van der Waals surface area (Å²) in [5.74, 6) is 0.912. The molecule has 0 bridgehead atoms. The van der Waals surface area contributed by atoms with Crippen LogP contribution in [0.2, 0.25) is 0 Å². The van der Waals surface area contributed by atoms with Crippen molar-refractivity contribution in [3.8, 4) is 0 Å². The molecule has 2 aromatic rings. The maximum Gasteiger partial charge on any atom is 0.251 e.